The average Bonchev–Trinajstić information content (AvgIpc) is 2.71. The molecule has 4 heteroatoms. The average molecular weight is 226 g/mol. The molecule has 0 saturated carbocycles. The Morgan fingerprint density at radius 1 is 1.12 bits per heavy atom. The summed E-state index contributed by atoms with van der Waals surface area (Å²) in [4.78, 5) is 8.23. The number of hydrogen-bond acceptors (Lipinski definition) is 4. The molecule has 0 aliphatic heterocycles. The summed E-state index contributed by atoms with van der Waals surface area (Å²) in [7, 11) is 0. The van der Waals surface area contributed by atoms with Crippen molar-refractivity contribution in [2.24, 2.45) is 0 Å². The number of benzene rings is 1. The van der Waals surface area contributed by atoms with Gasteiger partial charge in [-0.2, -0.15) is 0 Å². The Kier molecular flexibility index (Phi) is 2.40. The Labute approximate surface area is 99.9 Å². The number of anilines is 2. The molecule has 2 aromatic rings. The highest BCUT2D eigenvalue weighted by molar-refractivity contribution is 5.43. The van der Waals surface area contributed by atoms with Crippen molar-refractivity contribution < 1.29 is 0 Å². The smallest absolute Gasteiger partial charge is 0.147 e. The van der Waals surface area contributed by atoms with Gasteiger partial charge >= 0.3 is 0 Å². The van der Waals surface area contributed by atoms with E-state index in [0.717, 1.165) is 18.7 Å². The summed E-state index contributed by atoms with van der Waals surface area (Å²) in [5.41, 5.74) is 8.44. The summed E-state index contributed by atoms with van der Waals surface area (Å²) in [6, 6.07) is 8.93. The quantitative estimate of drug-likeness (QED) is 0.817. The summed E-state index contributed by atoms with van der Waals surface area (Å²) in [6.45, 7) is 0. The number of aromatic nitrogens is 2. The number of nitrogens with zero attached hydrogens (tertiary/aromatic N) is 2. The normalized spacial score (nSPS) is 14.6. The molecule has 1 aromatic heterocycles. The van der Waals surface area contributed by atoms with Crippen LogP contribution < -0.4 is 11.1 Å². The van der Waals surface area contributed by atoms with Crippen LogP contribution in [0.2, 0.25) is 0 Å². The SMILES string of the molecule is Nc1cncc(NC2Cc3ccccc3C2)n1. The van der Waals surface area contributed by atoms with Gasteiger partial charge in [0.2, 0.25) is 0 Å². The van der Waals surface area contributed by atoms with Gasteiger partial charge in [0.05, 0.1) is 12.4 Å². The third-order valence-corrected chi connectivity index (χ3v) is 3.06. The van der Waals surface area contributed by atoms with Crippen LogP contribution in [0.4, 0.5) is 11.6 Å². The van der Waals surface area contributed by atoms with Gasteiger partial charge in [-0.3, -0.25) is 4.98 Å². The van der Waals surface area contributed by atoms with Crippen molar-refractivity contribution in [1.82, 2.24) is 9.97 Å². The Hall–Kier alpha value is -2.10. The van der Waals surface area contributed by atoms with Crippen LogP contribution in [0.15, 0.2) is 36.7 Å². The highest BCUT2D eigenvalue weighted by Crippen LogP contribution is 2.23. The zero-order chi connectivity index (χ0) is 11.7. The van der Waals surface area contributed by atoms with Crippen LogP contribution in [0.1, 0.15) is 11.1 Å². The lowest BCUT2D eigenvalue weighted by Gasteiger charge is -2.12. The molecule has 0 saturated heterocycles. The van der Waals surface area contributed by atoms with Gasteiger partial charge in [0.25, 0.3) is 0 Å². The standard InChI is InChI=1S/C13H14N4/c14-12-7-15-8-13(17-12)16-11-5-9-3-1-2-4-10(9)6-11/h1-4,7-8,11H,5-6H2,(H3,14,16,17). The van der Waals surface area contributed by atoms with Gasteiger partial charge in [-0.05, 0) is 24.0 Å². The van der Waals surface area contributed by atoms with Crippen LogP contribution in [-0.4, -0.2) is 16.0 Å². The van der Waals surface area contributed by atoms with Gasteiger partial charge < -0.3 is 11.1 Å². The van der Waals surface area contributed by atoms with Gasteiger partial charge in [0, 0.05) is 6.04 Å². The Bertz CT molecular complexity index is 513. The van der Waals surface area contributed by atoms with E-state index in [0.29, 0.717) is 11.9 Å². The number of nitrogen functional groups attached to an aromatic ring is 1. The molecular weight excluding hydrogens is 212 g/mol. The Morgan fingerprint density at radius 3 is 2.47 bits per heavy atom. The van der Waals surface area contributed by atoms with E-state index >= 15 is 0 Å². The molecule has 0 atom stereocenters. The molecule has 1 aromatic carbocycles. The number of nitrogens with two attached hydrogens (primary N) is 1. The van der Waals surface area contributed by atoms with Crippen LogP contribution in [-0.2, 0) is 12.8 Å². The fourth-order valence-electron chi connectivity index (χ4n) is 2.32. The molecule has 86 valence electrons. The summed E-state index contributed by atoms with van der Waals surface area (Å²) >= 11 is 0. The minimum absolute atomic E-state index is 0.392. The van der Waals surface area contributed by atoms with Crippen LogP contribution in [0, 0.1) is 0 Å². The van der Waals surface area contributed by atoms with Gasteiger partial charge in [0.1, 0.15) is 11.6 Å². The number of rotatable bonds is 2. The van der Waals surface area contributed by atoms with E-state index in [2.05, 4.69) is 39.6 Å². The van der Waals surface area contributed by atoms with E-state index in [1.54, 1.807) is 12.4 Å². The zero-order valence-electron chi connectivity index (χ0n) is 9.43. The van der Waals surface area contributed by atoms with Crippen LogP contribution in [0.5, 0.6) is 0 Å². The van der Waals surface area contributed by atoms with Gasteiger partial charge in [-0.1, -0.05) is 24.3 Å². The van der Waals surface area contributed by atoms with Crippen molar-refractivity contribution in [2.45, 2.75) is 18.9 Å². The second-order valence-corrected chi connectivity index (χ2v) is 4.35. The largest absolute Gasteiger partial charge is 0.382 e. The number of hydrogen-bond donors (Lipinski definition) is 2. The molecule has 1 aliphatic carbocycles. The second kappa shape index (κ2) is 4.05. The molecule has 0 spiro atoms. The maximum absolute atomic E-state index is 5.60. The molecule has 1 aliphatic rings. The van der Waals surface area contributed by atoms with Crippen molar-refractivity contribution in [1.29, 1.82) is 0 Å². The fraction of sp³-hybridized carbons (Fsp3) is 0.231. The molecule has 0 radical (unpaired) electrons. The molecule has 17 heavy (non-hydrogen) atoms. The molecule has 0 fully saturated rings. The van der Waals surface area contributed by atoms with E-state index in [1.165, 1.54) is 11.1 Å². The predicted molar refractivity (Wildman–Crippen MR) is 67.7 cm³/mol. The maximum Gasteiger partial charge on any atom is 0.147 e. The fourth-order valence-corrected chi connectivity index (χ4v) is 2.32. The number of nitrogens with one attached hydrogen (secondary N) is 1. The molecule has 4 nitrogen and oxygen atoms in total. The topological polar surface area (TPSA) is 63.8 Å². The minimum Gasteiger partial charge on any atom is -0.382 e. The van der Waals surface area contributed by atoms with Crippen molar-refractivity contribution in [3.05, 3.63) is 47.8 Å². The van der Waals surface area contributed by atoms with Gasteiger partial charge in [-0.25, -0.2) is 4.98 Å². The van der Waals surface area contributed by atoms with Crippen LogP contribution >= 0.6 is 0 Å². The summed E-state index contributed by atoms with van der Waals surface area (Å²) in [5.74, 6) is 1.20. The molecular formula is C13H14N4. The summed E-state index contributed by atoms with van der Waals surface area (Å²) in [6.07, 6.45) is 5.33. The van der Waals surface area contributed by atoms with Crippen LogP contribution in [0.3, 0.4) is 0 Å². The molecule has 3 rings (SSSR count). The van der Waals surface area contributed by atoms with Gasteiger partial charge in [0.15, 0.2) is 0 Å². The Balaban J connectivity index is 1.74. The molecule has 0 amide bonds. The van der Waals surface area contributed by atoms with E-state index in [-0.39, 0.29) is 0 Å². The highest BCUT2D eigenvalue weighted by atomic mass is 15.1. The lowest BCUT2D eigenvalue weighted by atomic mass is 10.1. The van der Waals surface area contributed by atoms with E-state index in [1.807, 2.05) is 0 Å². The molecule has 0 unspecified atom stereocenters. The van der Waals surface area contributed by atoms with E-state index < -0.39 is 0 Å². The Morgan fingerprint density at radius 2 is 1.82 bits per heavy atom. The zero-order valence-corrected chi connectivity index (χ0v) is 9.43. The molecule has 3 N–H and O–H groups in total. The lowest BCUT2D eigenvalue weighted by Crippen LogP contribution is -2.20. The highest BCUT2D eigenvalue weighted by Gasteiger charge is 2.20. The van der Waals surface area contributed by atoms with Crippen molar-refractivity contribution in [3.8, 4) is 0 Å². The summed E-state index contributed by atoms with van der Waals surface area (Å²) < 4.78 is 0. The van der Waals surface area contributed by atoms with Crippen LogP contribution in [0.25, 0.3) is 0 Å². The summed E-state index contributed by atoms with van der Waals surface area (Å²) in [5, 5.41) is 3.38. The van der Waals surface area contributed by atoms with Crippen molar-refractivity contribution in [3.63, 3.8) is 0 Å². The van der Waals surface area contributed by atoms with E-state index in [4.69, 9.17) is 5.73 Å². The third kappa shape index (κ3) is 2.06. The van der Waals surface area contributed by atoms with Gasteiger partial charge in [-0.15, -0.1) is 0 Å². The first-order valence-corrected chi connectivity index (χ1v) is 5.72. The first-order chi connectivity index (χ1) is 8.31. The first-order valence-electron chi connectivity index (χ1n) is 5.72. The van der Waals surface area contributed by atoms with E-state index in [9.17, 15) is 0 Å². The lowest BCUT2D eigenvalue weighted by molar-refractivity contribution is 0.768. The first kappa shape index (κ1) is 10.1. The molecule has 1 heterocycles. The molecule has 0 bridgehead atoms. The van der Waals surface area contributed by atoms with Crippen molar-refractivity contribution in [2.75, 3.05) is 11.1 Å². The number of fused-ring (bicyclic) bond motifs is 1. The minimum atomic E-state index is 0.392. The predicted octanol–water partition coefficient (Wildman–Crippen LogP) is 1.64. The van der Waals surface area contributed by atoms with Crippen molar-refractivity contribution >= 4 is 11.6 Å². The monoisotopic (exact) mass is 226 g/mol. The maximum atomic E-state index is 5.60. The second-order valence-electron chi connectivity index (χ2n) is 4.35. The third-order valence-electron chi connectivity index (χ3n) is 3.06.